The van der Waals surface area contributed by atoms with Crippen LogP contribution in [0.1, 0.15) is 6.42 Å². The smallest absolute Gasteiger partial charge is 0.250 e. The van der Waals surface area contributed by atoms with Gasteiger partial charge >= 0.3 is 0 Å². The molecule has 8 nitrogen and oxygen atoms in total. The van der Waals surface area contributed by atoms with E-state index in [2.05, 4.69) is 50.4 Å². The van der Waals surface area contributed by atoms with Gasteiger partial charge in [-0.2, -0.15) is 0 Å². The van der Waals surface area contributed by atoms with Crippen LogP contribution in [0.4, 0.5) is 11.4 Å². The van der Waals surface area contributed by atoms with Gasteiger partial charge in [-0.1, -0.05) is 35.7 Å². The van der Waals surface area contributed by atoms with Crippen molar-refractivity contribution in [2.75, 3.05) is 69.4 Å². The second kappa shape index (κ2) is 11.5. The number of amides is 1. The van der Waals surface area contributed by atoms with E-state index < -0.39 is 0 Å². The maximum Gasteiger partial charge on any atom is 0.250 e. The minimum absolute atomic E-state index is 0.0247. The number of fused-ring (bicyclic) bond motifs is 2. The van der Waals surface area contributed by atoms with Gasteiger partial charge in [-0.3, -0.25) is 14.5 Å². The molecule has 0 spiro atoms. The molecule has 198 valence electrons. The summed E-state index contributed by atoms with van der Waals surface area (Å²) in [6.07, 6.45) is 0.465. The number of hydrogen-bond acceptors (Lipinski definition) is 8. The lowest BCUT2D eigenvalue weighted by Gasteiger charge is -2.29. The van der Waals surface area contributed by atoms with Crippen molar-refractivity contribution in [3.05, 3.63) is 58.9 Å². The van der Waals surface area contributed by atoms with Crippen LogP contribution in [0.2, 0.25) is 0 Å². The fraction of sp³-hybridized carbons (Fsp3) is 0.357. The SMILES string of the molecule is O=C(CCN1CCOCC1)Nc1ccc2c(c1)Sc1cccc(-c3cc(N4CCOCC4)cc(=O)[nH]3)c1S2. The number of nitrogens with one attached hydrogen (secondary N) is 2. The van der Waals surface area contributed by atoms with Gasteiger partial charge in [0.2, 0.25) is 11.5 Å². The summed E-state index contributed by atoms with van der Waals surface area (Å²) in [6, 6.07) is 16.0. The third-order valence-corrected chi connectivity index (χ3v) is 9.49. The number of aromatic nitrogens is 1. The van der Waals surface area contributed by atoms with Gasteiger partial charge in [0.15, 0.2) is 0 Å². The van der Waals surface area contributed by atoms with Gasteiger partial charge in [0.05, 0.1) is 32.1 Å². The van der Waals surface area contributed by atoms with Crippen molar-refractivity contribution in [3.63, 3.8) is 0 Å². The highest BCUT2D eigenvalue weighted by Crippen LogP contribution is 2.52. The van der Waals surface area contributed by atoms with Gasteiger partial charge in [-0.25, -0.2) is 0 Å². The summed E-state index contributed by atoms with van der Waals surface area (Å²) in [5.74, 6) is 0.0247. The van der Waals surface area contributed by atoms with E-state index >= 15 is 0 Å². The number of carbonyl (C=O) groups is 1. The van der Waals surface area contributed by atoms with Crippen molar-refractivity contribution >= 4 is 40.8 Å². The Balaban J connectivity index is 1.18. The predicted molar refractivity (Wildman–Crippen MR) is 151 cm³/mol. The maximum atomic E-state index is 12.6. The van der Waals surface area contributed by atoms with Crippen LogP contribution < -0.4 is 15.8 Å². The van der Waals surface area contributed by atoms with Crippen LogP contribution in [0.25, 0.3) is 11.3 Å². The molecule has 2 aromatic carbocycles. The van der Waals surface area contributed by atoms with Crippen molar-refractivity contribution in [2.24, 2.45) is 0 Å². The van der Waals surface area contributed by atoms with E-state index in [1.807, 2.05) is 12.1 Å². The molecule has 3 aliphatic rings. The second-order valence-electron chi connectivity index (χ2n) is 9.47. The van der Waals surface area contributed by atoms with Gasteiger partial charge in [-0.05, 0) is 30.3 Å². The lowest BCUT2D eigenvalue weighted by Crippen LogP contribution is -2.38. The lowest BCUT2D eigenvalue weighted by atomic mass is 10.1. The minimum Gasteiger partial charge on any atom is -0.379 e. The molecule has 3 aliphatic heterocycles. The maximum absolute atomic E-state index is 12.6. The summed E-state index contributed by atoms with van der Waals surface area (Å²) >= 11 is 3.39. The lowest BCUT2D eigenvalue weighted by molar-refractivity contribution is -0.116. The Morgan fingerprint density at radius 1 is 0.895 bits per heavy atom. The summed E-state index contributed by atoms with van der Waals surface area (Å²) in [5.41, 5.74) is 3.46. The van der Waals surface area contributed by atoms with E-state index in [9.17, 15) is 9.59 Å². The zero-order valence-corrected chi connectivity index (χ0v) is 22.7. The number of benzene rings is 2. The number of pyridine rings is 1. The average molecular weight is 551 g/mol. The highest BCUT2D eigenvalue weighted by molar-refractivity contribution is 8.05. The molecule has 10 heteroatoms. The number of H-pyrrole nitrogens is 1. The first kappa shape index (κ1) is 25.5. The predicted octanol–water partition coefficient (Wildman–Crippen LogP) is 4.16. The van der Waals surface area contributed by atoms with Crippen molar-refractivity contribution < 1.29 is 14.3 Å². The highest BCUT2D eigenvalue weighted by Gasteiger charge is 2.22. The van der Waals surface area contributed by atoms with Crippen LogP contribution in [-0.2, 0) is 14.3 Å². The summed E-state index contributed by atoms with van der Waals surface area (Å²) in [6.45, 7) is 6.87. The summed E-state index contributed by atoms with van der Waals surface area (Å²) in [7, 11) is 0. The van der Waals surface area contributed by atoms with Crippen molar-refractivity contribution in [2.45, 2.75) is 26.0 Å². The molecule has 6 rings (SSSR count). The van der Waals surface area contributed by atoms with Crippen LogP contribution in [0.5, 0.6) is 0 Å². The first-order valence-corrected chi connectivity index (χ1v) is 14.6. The topological polar surface area (TPSA) is 86.9 Å². The Bertz CT molecular complexity index is 1380. The standard InChI is InChI=1S/C28H30N4O4S2/c33-26(6-7-31-8-12-35-13-9-31)29-19-4-5-23-25(16-19)37-24-3-1-2-21(28(24)38-23)22-17-20(18-27(34)30-22)32-10-14-36-15-11-32/h1-5,16-18H,6-15H2,(H,29,33)(H,30,34). The molecule has 3 aromatic rings. The van der Waals surface area contributed by atoms with Crippen LogP contribution in [-0.4, -0.2) is 74.9 Å². The second-order valence-corrected chi connectivity index (χ2v) is 11.6. The number of morpholine rings is 2. The molecular weight excluding hydrogens is 520 g/mol. The number of hydrogen-bond donors (Lipinski definition) is 2. The van der Waals surface area contributed by atoms with Gasteiger partial charge in [-0.15, -0.1) is 0 Å². The fourth-order valence-electron chi connectivity index (χ4n) is 4.88. The Hall–Kier alpha value is -2.76. The molecule has 0 bridgehead atoms. The van der Waals surface area contributed by atoms with Crippen LogP contribution >= 0.6 is 23.5 Å². The number of anilines is 2. The Kier molecular flexibility index (Phi) is 7.75. The number of carbonyl (C=O) groups excluding carboxylic acids is 1. The van der Waals surface area contributed by atoms with Gasteiger partial charge in [0.25, 0.3) is 0 Å². The largest absolute Gasteiger partial charge is 0.379 e. The Labute approximate surface area is 230 Å². The highest BCUT2D eigenvalue weighted by atomic mass is 32.2. The third-order valence-electron chi connectivity index (χ3n) is 6.89. The van der Waals surface area contributed by atoms with Crippen LogP contribution in [0.15, 0.2) is 72.9 Å². The molecule has 4 heterocycles. The van der Waals surface area contributed by atoms with Gasteiger partial charge in [0, 0.05) is 81.7 Å². The van der Waals surface area contributed by atoms with Crippen LogP contribution in [0.3, 0.4) is 0 Å². The normalized spacial score (nSPS) is 17.5. The van der Waals surface area contributed by atoms with Crippen molar-refractivity contribution in [1.82, 2.24) is 9.88 Å². The molecular formula is C28H30N4O4S2. The van der Waals surface area contributed by atoms with E-state index in [0.29, 0.717) is 19.6 Å². The summed E-state index contributed by atoms with van der Waals surface area (Å²) in [5, 5.41) is 3.06. The molecule has 0 atom stereocenters. The zero-order valence-electron chi connectivity index (χ0n) is 21.0. The number of rotatable bonds is 6. The first-order chi connectivity index (χ1) is 18.6. The fourth-order valence-corrected chi connectivity index (χ4v) is 7.29. The number of aromatic amines is 1. The van der Waals surface area contributed by atoms with E-state index in [0.717, 1.165) is 88.2 Å². The molecule has 0 radical (unpaired) electrons. The molecule has 2 N–H and O–H groups in total. The molecule has 0 saturated carbocycles. The molecule has 0 unspecified atom stereocenters. The molecule has 1 amide bonds. The van der Waals surface area contributed by atoms with E-state index in [4.69, 9.17) is 9.47 Å². The third kappa shape index (κ3) is 5.79. The number of ether oxygens (including phenoxy) is 2. The van der Waals surface area contributed by atoms with Crippen molar-refractivity contribution in [1.29, 1.82) is 0 Å². The monoisotopic (exact) mass is 550 g/mol. The van der Waals surface area contributed by atoms with Crippen LogP contribution in [0, 0.1) is 0 Å². The van der Waals surface area contributed by atoms with Crippen molar-refractivity contribution in [3.8, 4) is 11.3 Å². The van der Waals surface area contributed by atoms with E-state index in [-0.39, 0.29) is 11.5 Å². The zero-order chi connectivity index (χ0) is 25.9. The van der Waals surface area contributed by atoms with E-state index in [1.165, 1.54) is 0 Å². The molecule has 38 heavy (non-hydrogen) atoms. The van der Waals surface area contributed by atoms with Gasteiger partial charge in [0.1, 0.15) is 0 Å². The van der Waals surface area contributed by atoms with E-state index in [1.54, 1.807) is 29.6 Å². The first-order valence-electron chi connectivity index (χ1n) is 12.9. The molecule has 1 aromatic heterocycles. The molecule has 2 saturated heterocycles. The van der Waals surface area contributed by atoms with Gasteiger partial charge < -0.3 is 24.7 Å². The average Bonchev–Trinajstić information content (AvgIpc) is 2.95. The Morgan fingerprint density at radius 3 is 2.50 bits per heavy atom. The summed E-state index contributed by atoms with van der Waals surface area (Å²) < 4.78 is 10.9. The number of nitrogens with zero attached hydrogens (tertiary/aromatic N) is 2. The molecule has 0 aliphatic carbocycles. The molecule has 2 fully saturated rings. The minimum atomic E-state index is -0.107. The Morgan fingerprint density at radius 2 is 1.68 bits per heavy atom. The summed E-state index contributed by atoms with van der Waals surface area (Å²) in [4.78, 5) is 37.2. The quantitative estimate of drug-likeness (QED) is 0.370.